The van der Waals surface area contributed by atoms with Crippen molar-refractivity contribution in [2.75, 3.05) is 5.32 Å². The molecule has 3 N–H and O–H groups in total. The normalized spacial score (nSPS) is 10.9. The molecule has 0 aliphatic heterocycles. The first-order chi connectivity index (χ1) is 7.50. The van der Waals surface area contributed by atoms with E-state index in [0.717, 1.165) is 0 Å². The highest BCUT2D eigenvalue weighted by Gasteiger charge is 2.10. The van der Waals surface area contributed by atoms with Crippen LogP contribution >= 0.6 is 15.9 Å². The zero-order valence-corrected chi connectivity index (χ0v) is 9.56. The Morgan fingerprint density at radius 3 is 2.38 bits per heavy atom. The highest BCUT2D eigenvalue weighted by Crippen LogP contribution is 2.22. The highest BCUT2D eigenvalue weighted by atomic mass is 79.9. The number of carbonyl (C=O) groups is 2. The summed E-state index contributed by atoms with van der Waals surface area (Å²) in [6, 6.07) is 6.80. The molecule has 0 aliphatic carbocycles. The smallest absolute Gasteiger partial charge is 0.352 e. The minimum Gasteiger partial charge on any atom is -0.478 e. The third-order valence-electron chi connectivity index (χ3n) is 1.64. The summed E-state index contributed by atoms with van der Waals surface area (Å²) < 4.78 is 0.646. The molecule has 6 heteroatoms. The van der Waals surface area contributed by atoms with Crippen molar-refractivity contribution < 1.29 is 19.8 Å². The van der Waals surface area contributed by atoms with Gasteiger partial charge in [-0.05, 0) is 28.1 Å². The second-order valence-electron chi connectivity index (χ2n) is 2.81. The van der Waals surface area contributed by atoms with Crippen molar-refractivity contribution in [1.29, 1.82) is 0 Å². The Labute approximate surface area is 99.5 Å². The van der Waals surface area contributed by atoms with Gasteiger partial charge in [-0.25, -0.2) is 9.59 Å². The van der Waals surface area contributed by atoms with E-state index in [1.165, 1.54) is 0 Å². The molecular formula is C10H8BrNO4. The predicted octanol–water partition coefficient (Wildman–Crippen LogP) is 1.91. The Hall–Kier alpha value is -1.82. The molecule has 0 fully saturated rings. The van der Waals surface area contributed by atoms with Gasteiger partial charge in [-0.15, -0.1) is 0 Å². The molecule has 0 spiro atoms. The summed E-state index contributed by atoms with van der Waals surface area (Å²) in [4.78, 5) is 21.1. The van der Waals surface area contributed by atoms with Crippen LogP contribution in [0.2, 0.25) is 0 Å². The summed E-state index contributed by atoms with van der Waals surface area (Å²) in [6.45, 7) is 0. The van der Waals surface area contributed by atoms with Crippen LogP contribution in [-0.4, -0.2) is 22.2 Å². The number of carboxylic acid groups (broad SMARTS) is 2. The van der Waals surface area contributed by atoms with Gasteiger partial charge in [0.25, 0.3) is 0 Å². The molecule has 1 rings (SSSR count). The van der Waals surface area contributed by atoms with E-state index in [2.05, 4.69) is 21.2 Å². The molecule has 0 aliphatic rings. The number of nitrogens with one attached hydrogen (secondary N) is 1. The molecule has 0 heterocycles. The largest absolute Gasteiger partial charge is 0.478 e. The summed E-state index contributed by atoms with van der Waals surface area (Å²) >= 11 is 3.21. The van der Waals surface area contributed by atoms with Gasteiger partial charge in [0.05, 0.1) is 11.8 Å². The van der Waals surface area contributed by atoms with Gasteiger partial charge in [0.2, 0.25) is 0 Å². The van der Waals surface area contributed by atoms with Crippen LogP contribution in [0.4, 0.5) is 5.69 Å². The van der Waals surface area contributed by atoms with Crippen molar-refractivity contribution >= 4 is 33.6 Å². The number of carboxylic acids is 2. The second-order valence-corrected chi connectivity index (χ2v) is 3.66. The molecule has 0 saturated heterocycles. The average molecular weight is 286 g/mol. The van der Waals surface area contributed by atoms with Crippen molar-refractivity contribution in [3.05, 3.63) is 40.5 Å². The number of hydrogen-bond acceptors (Lipinski definition) is 3. The van der Waals surface area contributed by atoms with Gasteiger partial charge in [-0.1, -0.05) is 12.1 Å². The second kappa shape index (κ2) is 5.32. The lowest BCUT2D eigenvalue weighted by Gasteiger charge is -2.07. The van der Waals surface area contributed by atoms with E-state index in [1.54, 1.807) is 24.3 Å². The number of anilines is 1. The molecule has 0 aromatic heterocycles. The maximum absolute atomic E-state index is 10.7. The van der Waals surface area contributed by atoms with Gasteiger partial charge >= 0.3 is 11.9 Å². The number of halogens is 1. The topological polar surface area (TPSA) is 86.6 Å². The fourth-order valence-electron chi connectivity index (χ4n) is 0.982. The molecule has 0 bridgehead atoms. The van der Waals surface area contributed by atoms with Crippen LogP contribution in [0.3, 0.4) is 0 Å². The minimum atomic E-state index is -1.34. The van der Waals surface area contributed by atoms with E-state index in [9.17, 15) is 9.59 Å². The Morgan fingerprint density at radius 1 is 1.25 bits per heavy atom. The standard InChI is InChI=1S/C10H8BrNO4/c11-6-3-1-2-4-7(6)12-8(10(15)16)5-9(13)14/h1-5,12H,(H,13,14)(H,15,16)/b8-5-. The molecule has 5 nitrogen and oxygen atoms in total. The van der Waals surface area contributed by atoms with Gasteiger partial charge in [-0.3, -0.25) is 0 Å². The van der Waals surface area contributed by atoms with E-state index in [4.69, 9.17) is 10.2 Å². The number of hydrogen-bond donors (Lipinski definition) is 3. The first-order valence-corrected chi connectivity index (χ1v) is 4.99. The van der Waals surface area contributed by atoms with Gasteiger partial charge in [0.1, 0.15) is 5.70 Å². The molecule has 1 aromatic carbocycles. The summed E-state index contributed by atoms with van der Waals surface area (Å²) in [7, 11) is 0. The molecule has 0 amide bonds. The van der Waals surface area contributed by atoms with E-state index in [0.29, 0.717) is 16.2 Å². The van der Waals surface area contributed by atoms with E-state index < -0.39 is 17.6 Å². The lowest BCUT2D eigenvalue weighted by atomic mass is 10.3. The molecular weight excluding hydrogens is 278 g/mol. The lowest BCUT2D eigenvalue weighted by Crippen LogP contribution is -2.12. The van der Waals surface area contributed by atoms with Gasteiger partial charge in [0, 0.05) is 4.47 Å². The van der Waals surface area contributed by atoms with Crippen molar-refractivity contribution in [1.82, 2.24) is 0 Å². The average Bonchev–Trinajstić information content (AvgIpc) is 2.19. The van der Waals surface area contributed by atoms with Gasteiger partial charge < -0.3 is 15.5 Å². The quantitative estimate of drug-likeness (QED) is 0.736. The van der Waals surface area contributed by atoms with Crippen molar-refractivity contribution in [3.63, 3.8) is 0 Å². The first kappa shape index (κ1) is 12.3. The third-order valence-corrected chi connectivity index (χ3v) is 2.33. The highest BCUT2D eigenvalue weighted by molar-refractivity contribution is 9.10. The Bertz CT molecular complexity index is 456. The lowest BCUT2D eigenvalue weighted by molar-refractivity contribution is -0.134. The molecule has 84 valence electrons. The predicted molar refractivity (Wildman–Crippen MR) is 61.1 cm³/mol. The SMILES string of the molecule is O=C(O)/C=C(\Nc1ccccc1Br)C(=O)O. The first-order valence-electron chi connectivity index (χ1n) is 4.20. The molecule has 0 saturated carbocycles. The maximum Gasteiger partial charge on any atom is 0.352 e. The van der Waals surface area contributed by atoms with Crippen molar-refractivity contribution in [2.45, 2.75) is 0 Å². The number of para-hydroxylation sites is 1. The zero-order chi connectivity index (χ0) is 12.1. The van der Waals surface area contributed by atoms with Crippen molar-refractivity contribution in [2.24, 2.45) is 0 Å². The third kappa shape index (κ3) is 3.39. The van der Waals surface area contributed by atoms with Crippen LogP contribution in [0.1, 0.15) is 0 Å². The monoisotopic (exact) mass is 285 g/mol. The van der Waals surface area contributed by atoms with Gasteiger partial charge in [0.15, 0.2) is 0 Å². The molecule has 16 heavy (non-hydrogen) atoms. The number of benzene rings is 1. The molecule has 0 radical (unpaired) electrons. The van der Waals surface area contributed by atoms with Gasteiger partial charge in [-0.2, -0.15) is 0 Å². The van der Waals surface area contributed by atoms with Crippen molar-refractivity contribution in [3.8, 4) is 0 Å². The minimum absolute atomic E-state index is 0.403. The number of rotatable bonds is 4. The van der Waals surface area contributed by atoms with Crippen LogP contribution in [-0.2, 0) is 9.59 Å². The summed E-state index contributed by atoms with van der Waals surface area (Å²) in [5.74, 6) is -2.66. The Morgan fingerprint density at radius 2 is 1.88 bits per heavy atom. The molecule has 1 aromatic rings. The van der Waals surface area contributed by atoms with Crippen LogP contribution in [0.25, 0.3) is 0 Å². The Kier molecular flexibility index (Phi) is 4.07. The number of aliphatic carboxylic acids is 2. The van der Waals surface area contributed by atoms with Crippen LogP contribution in [0.15, 0.2) is 40.5 Å². The van der Waals surface area contributed by atoms with Crippen LogP contribution < -0.4 is 5.32 Å². The Balaban J connectivity index is 2.98. The van der Waals surface area contributed by atoms with E-state index in [-0.39, 0.29) is 0 Å². The maximum atomic E-state index is 10.7. The van der Waals surface area contributed by atoms with Crippen LogP contribution in [0, 0.1) is 0 Å². The van der Waals surface area contributed by atoms with E-state index >= 15 is 0 Å². The summed E-state index contributed by atoms with van der Waals surface area (Å²) in [5, 5.41) is 19.8. The molecule has 0 atom stereocenters. The summed E-state index contributed by atoms with van der Waals surface area (Å²) in [6.07, 6.45) is 0.599. The van der Waals surface area contributed by atoms with E-state index in [1.807, 2.05) is 0 Å². The van der Waals surface area contributed by atoms with Crippen LogP contribution in [0.5, 0.6) is 0 Å². The fourth-order valence-corrected chi connectivity index (χ4v) is 1.37. The molecule has 0 unspecified atom stereocenters. The zero-order valence-electron chi connectivity index (χ0n) is 7.98. The summed E-state index contributed by atoms with van der Waals surface area (Å²) in [5.41, 5.74) is 0.0804. The fraction of sp³-hybridized carbons (Fsp3) is 0.